The van der Waals surface area contributed by atoms with Gasteiger partial charge in [-0.2, -0.15) is 0 Å². The van der Waals surface area contributed by atoms with Gasteiger partial charge in [-0.25, -0.2) is 15.0 Å². The van der Waals surface area contributed by atoms with Crippen LogP contribution in [0, 0.1) is 5.41 Å². The molecule has 1 aliphatic heterocycles. The van der Waals surface area contributed by atoms with Gasteiger partial charge in [0, 0.05) is 26.0 Å². The van der Waals surface area contributed by atoms with Crippen molar-refractivity contribution in [3.8, 4) is 0 Å². The van der Waals surface area contributed by atoms with E-state index in [4.69, 9.17) is 0 Å². The second-order valence-electron chi connectivity index (χ2n) is 10.2. The van der Waals surface area contributed by atoms with Gasteiger partial charge in [-0.1, -0.05) is 69.3 Å². The van der Waals surface area contributed by atoms with Crippen LogP contribution in [-0.2, 0) is 6.54 Å². The van der Waals surface area contributed by atoms with Gasteiger partial charge in [-0.05, 0) is 40.6 Å². The maximum atomic E-state index is 13.1. The van der Waals surface area contributed by atoms with Crippen LogP contribution in [0.25, 0.3) is 10.8 Å². The van der Waals surface area contributed by atoms with Crippen LogP contribution in [-0.4, -0.2) is 37.1 Å². The molecule has 188 valence electrons. The quantitative estimate of drug-likeness (QED) is 0.408. The highest BCUT2D eigenvalue weighted by atomic mass is 16.2. The minimum Gasteiger partial charge on any atom is -0.334 e. The topological polar surface area (TPSA) is 88.7 Å². The van der Waals surface area contributed by atoms with Crippen molar-refractivity contribution in [3.05, 3.63) is 84.2 Å². The number of carbonyl (C=O) groups is 2. The molecule has 0 spiro atoms. The van der Waals surface area contributed by atoms with E-state index in [0.29, 0.717) is 12.4 Å². The second kappa shape index (κ2) is 10.3. The highest BCUT2D eigenvalue weighted by Gasteiger charge is 2.33. The molecule has 0 bridgehead atoms. The summed E-state index contributed by atoms with van der Waals surface area (Å²) in [5.41, 5.74) is 5.98. The Bertz CT molecular complexity index is 1290. The Hall–Kier alpha value is -4.04. The Morgan fingerprint density at radius 1 is 0.972 bits per heavy atom. The smallest absolute Gasteiger partial charge is 0.324 e. The predicted molar refractivity (Wildman–Crippen MR) is 145 cm³/mol. The SMILES string of the molecule is CN(C)C(=O)NCc1cccc(N2NC(C(C)(C)C)C=C2NC(=O)Nc2cccc3ccccc23)c1. The van der Waals surface area contributed by atoms with Crippen molar-refractivity contribution in [1.82, 2.24) is 21.0 Å². The number of rotatable bonds is 5. The van der Waals surface area contributed by atoms with Crippen molar-refractivity contribution < 1.29 is 9.59 Å². The van der Waals surface area contributed by atoms with Crippen LogP contribution in [0.15, 0.2) is 78.6 Å². The van der Waals surface area contributed by atoms with Crippen LogP contribution < -0.4 is 26.4 Å². The van der Waals surface area contributed by atoms with E-state index in [1.54, 1.807) is 14.1 Å². The first-order valence-electron chi connectivity index (χ1n) is 12.0. The average molecular weight is 487 g/mol. The van der Waals surface area contributed by atoms with Crippen molar-refractivity contribution >= 4 is 34.2 Å². The van der Waals surface area contributed by atoms with E-state index >= 15 is 0 Å². The number of benzene rings is 3. The van der Waals surface area contributed by atoms with Gasteiger partial charge in [0.05, 0.1) is 17.4 Å². The van der Waals surface area contributed by atoms with Gasteiger partial charge in [0.1, 0.15) is 5.82 Å². The van der Waals surface area contributed by atoms with Crippen LogP contribution >= 0.6 is 0 Å². The number of amides is 4. The molecule has 1 heterocycles. The summed E-state index contributed by atoms with van der Waals surface area (Å²) >= 11 is 0. The highest BCUT2D eigenvalue weighted by Crippen LogP contribution is 2.30. The number of nitrogens with zero attached hydrogens (tertiary/aromatic N) is 2. The number of urea groups is 2. The Balaban J connectivity index is 1.54. The molecule has 4 N–H and O–H groups in total. The molecule has 0 fully saturated rings. The summed E-state index contributed by atoms with van der Waals surface area (Å²) in [7, 11) is 3.41. The summed E-state index contributed by atoms with van der Waals surface area (Å²) < 4.78 is 0. The van der Waals surface area contributed by atoms with Gasteiger partial charge in [0.25, 0.3) is 0 Å². The molecule has 36 heavy (non-hydrogen) atoms. The zero-order valence-corrected chi connectivity index (χ0v) is 21.4. The van der Waals surface area contributed by atoms with E-state index in [1.807, 2.05) is 77.8 Å². The molecule has 1 unspecified atom stereocenters. The number of carbonyl (C=O) groups excluding carboxylic acids is 2. The van der Waals surface area contributed by atoms with Crippen LogP contribution in [0.2, 0.25) is 0 Å². The Morgan fingerprint density at radius 2 is 1.69 bits per heavy atom. The summed E-state index contributed by atoms with van der Waals surface area (Å²) in [5, 5.41) is 12.8. The van der Waals surface area contributed by atoms with E-state index in [1.165, 1.54) is 4.90 Å². The highest BCUT2D eigenvalue weighted by molar-refractivity contribution is 6.02. The average Bonchev–Trinajstić information content (AvgIpc) is 3.27. The molecule has 1 aliphatic rings. The molecule has 0 aromatic heterocycles. The zero-order valence-electron chi connectivity index (χ0n) is 21.4. The van der Waals surface area contributed by atoms with Crippen LogP contribution in [0.1, 0.15) is 26.3 Å². The lowest BCUT2D eigenvalue weighted by atomic mass is 9.87. The molecule has 8 heteroatoms. The fourth-order valence-electron chi connectivity index (χ4n) is 3.98. The van der Waals surface area contributed by atoms with Crippen molar-refractivity contribution in [3.63, 3.8) is 0 Å². The largest absolute Gasteiger partial charge is 0.334 e. The normalized spacial score (nSPS) is 15.4. The molecule has 3 aromatic carbocycles. The van der Waals surface area contributed by atoms with Crippen molar-refractivity contribution in [1.29, 1.82) is 0 Å². The number of hydrazine groups is 1. The van der Waals surface area contributed by atoms with Crippen LogP contribution in [0.5, 0.6) is 0 Å². The third-order valence-electron chi connectivity index (χ3n) is 6.06. The van der Waals surface area contributed by atoms with E-state index in [2.05, 4.69) is 42.1 Å². The standard InChI is InChI=1S/C28H34N6O2/c1-28(2,3)24-17-25(31-26(35)30-23-15-9-12-20-11-6-7-14-22(20)23)34(32-24)21-13-8-10-19(16-21)18-29-27(36)33(4)5/h6-17,24,32H,18H2,1-5H3,(H,29,36)(H2,30,31,35). The fraction of sp³-hybridized carbons (Fsp3) is 0.286. The van der Waals surface area contributed by atoms with E-state index < -0.39 is 0 Å². The fourth-order valence-corrected chi connectivity index (χ4v) is 3.98. The Morgan fingerprint density at radius 3 is 2.44 bits per heavy atom. The molecule has 0 saturated carbocycles. The van der Waals surface area contributed by atoms with Gasteiger partial charge < -0.3 is 15.5 Å². The molecule has 4 rings (SSSR count). The van der Waals surface area contributed by atoms with Gasteiger partial charge in [-0.3, -0.25) is 10.3 Å². The zero-order chi connectivity index (χ0) is 25.9. The Kier molecular flexibility index (Phi) is 7.17. The Labute approximate surface area is 212 Å². The molecule has 0 saturated heterocycles. The molecule has 4 amide bonds. The number of anilines is 2. The number of nitrogens with one attached hydrogen (secondary N) is 4. The van der Waals surface area contributed by atoms with Crippen LogP contribution in [0.4, 0.5) is 21.0 Å². The molecule has 8 nitrogen and oxygen atoms in total. The molecular weight excluding hydrogens is 452 g/mol. The maximum Gasteiger partial charge on any atom is 0.324 e. The van der Waals surface area contributed by atoms with Gasteiger partial charge in [0.15, 0.2) is 0 Å². The number of hydrogen-bond donors (Lipinski definition) is 4. The van der Waals surface area contributed by atoms with Gasteiger partial charge in [0.2, 0.25) is 0 Å². The van der Waals surface area contributed by atoms with E-state index in [0.717, 1.165) is 27.7 Å². The summed E-state index contributed by atoms with van der Waals surface area (Å²) in [5.74, 6) is 0.641. The summed E-state index contributed by atoms with van der Waals surface area (Å²) in [6.45, 7) is 6.83. The van der Waals surface area contributed by atoms with Crippen molar-refractivity contribution in [2.75, 3.05) is 24.4 Å². The minimum absolute atomic E-state index is 0.00227. The lowest BCUT2D eigenvalue weighted by Gasteiger charge is -2.29. The molecule has 0 aliphatic carbocycles. The van der Waals surface area contributed by atoms with Crippen molar-refractivity contribution in [2.45, 2.75) is 33.4 Å². The molecular formula is C28H34N6O2. The van der Waals surface area contributed by atoms with Gasteiger partial charge >= 0.3 is 12.1 Å². The van der Waals surface area contributed by atoms with Gasteiger partial charge in [-0.15, -0.1) is 0 Å². The molecule has 3 aromatic rings. The van der Waals surface area contributed by atoms with E-state index in [-0.39, 0.29) is 23.5 Å². The maximum absolute atomic E-state index is 13.1. The van der Waals surface area contributed by atoms with Crippen LogP contribution in [0.3, 0.4) is 0 Å². The molecule has 1 atom stereocenters. The summed E-state index contributed by atoms with van der Waals surface area (Å²) in [4.78, 5) is 26.5. The lowest BCUT2D eigenvalue weighted by molar-refractivity contribution is 0.217. The summed E-state index contributed by atoms with van der Waals surface area (Å²) in [6, 6.07) is 21.2. The molecule has 0 radical (unpaired) electrons. The first-order chi connectivity index (χ1) is 17.1. The third kappa shape index (κ3) is 5.78. The minimum atomic E-state index is -0.326. The third-order valence-corrected chi connectivity index (χ3v) is 6.06. The number of fused-ring (bicyclic) bond motifs is 1. The number of hydrogen-bond acceptors (Lipinski definition) is 4. The first-order valence-corrected chi connectivity index (χ1v) is 12.0. The van der Waals surface area contributed by atoms with E-state index in [9.17, 15) is 9.59 Å². The first kappa shape index (κ1) is 25.1. The monoisotopic (exact) mass is 486 g/mol. The summed E-state index contributed by atoms with van der Waals surface area (Å²) in [6.07, 6.45) is 2.03. The lowest BCUT2D eigenvalue weighted by Crippen LogP contribution is -2.46. The second-order valence-corrected chi connectivity index (χ2v) is 10.2. The van der Waals surface area contributed by atoms with Crippen molar-refractivity contribution in [2.24, 2.45) is 5.41 Å². The predicted octanol–water partition coefficient (Wildman–Crippen LogP) is 5.01.